The van der Waals surface area contributed by atoms with Crippen LogP contribution >= 0.6 is 12.4 Å². The van der Waals surface area contributed by atoms with Gasteiger partial charge in [-0.2, -0.15) is 0 Å². The lowest BCUT2D eigenvalue weighted by atomic mass is 10.2. The fraction of sp³-hybridized carbons (Fsp3) is 0.500. The Bertz CT molecular complexity index is 581. The summed E-state index contributed by atoms with van der Waals surface area (Å²) in [5.41, 5.74) is 7.07. The molecule has 7 heteroatoms. The first-order valence-corrected chi connectivity index (χ1v) is 7.74. The van der Waals surface area contributed by atoms with Gasteiger partial charge in [-0.15, -0.1) is 12.4 Å². The SMILES string of the molecule is Cl.NC[C@H]1CC[C@@H](C(=O)Nc2cccc(N3CCCC3=O)c2)O1. The van der Waals surface area contributed by atoms with Crippen LogP contribution in [0.3, 0.4) is 0 Å². The third-order valence-corrected chi connectivity index (χ3v) is 4.16. The van der Waals surface area contributed by atoms with E-state index in [0.29, 0.717) is 25.1 Å². The van der Waals surface area contributed by atoms with Crippen LogP contribution in [-0.2, 0) is 14.3 Å². The second kappa shape index (κ2) is 7.77. The van der Waals surface area contributed by atoms with E-state index < -0.39 is 6.10 Å². The van der Waals surface area contributed by atoms with E-state index in [1.165, 1.54) is 0 Å². The molecule has 0 aromatic heterocycles. The lowest BCUT2D eigenvalue weighted by molar-refractivity contribution is -0.126. The summed E-state index contributed by atoms with van der Waals surface area (Å²) in [4.78, 5) is 25.8. The number of carbonyl (C=O) groups excluding carboxylic acids is 2. The molecule has 2 saturated heterocycles. The molecule has 2 aliphatic heterocycles. The van der Waals surface area contributed by atoms with E-state index in [0.717, 1.165) is 25.1 Å². The quantitative estimate of drug-likeness (QED) is 0.874. The van der Waals surface area contributed by atoms with Crippen molar-refractivity contribution in [2.24, 2.45) is 5.73 Å². The van der Waals surface area contributed by atoms with Gasteiger partial charge < -0.3 is 20.7 Å². The Labute approximate surface area is 141 Å². The topological polar surface area (TPSA) is 84.7 Å². The second-order valence-electron chi connectivity index (χ2n) is 5.75. The smallest absolute Gasteiger partial charge is 0.253 e. The number of benzene rings is 1. The number of hydrogen-bond donors (Lipinski definition) is 2. The Balaban J connectivity index is 0.00000192. The molecule has 6 nitrogen and oxygen atoms in total. The maximum Gasteiger partial charge on any atom is 0.253 e. The lowest BCUT2D eigenvalue weighted by Gasteiger charge is -2.17. The molecule has 0 spiro atoms. The molecule has 2 atom stereocenters. The van der Waals surface area contributed by atoms with Gasteiger partial charge in [0.2, 0.25) is 5.91 Å². The minimum absolute atomic E-state index is 0. The predicted molar refractivity (Wildman–Crippen MR) is 90.9 cm³/mol. The zero-order chi connectivity index (χ0) is 15.5. The molecule has 126 valence electrons. The van der Waals surface area contributed by atoms with E-state index in [4.69, 9.17) is 10.5 Å². The van der Waals surface area contributed by atoms with Crippen molar-refractivity contribution >= 4 is 35.6 Å². The maximum atomic E-state index is 12.2. The summed E-state index contributed by atoms with van der Waals surface area (Å²) in [5, 5.41) is 2.86. The van der Waals surface area contributed by atoms with Crippen molar-refractivity contribution in [3.63, 3.8) is 0 Å². The van der Waals surface area contributed by atoms with Crippen LogP contribution in [0.25, 0.3) is 0 Å². The van der Waals surface area contributed by atoms with E-state index in [1.807, 2.05) is 24.3 Å². The highest BCUT2D eigenvalue weighted by molar-refractivity contribution is 5.98. The average molecular weight is 340 g/mol. The number of nitrogens with zero attached hydrogens (tertiary/aromatic N) is 1. The van der Waals surface area contributed by atoms with Crippen molar-refractivity contribution < 1.29 is 14.3 Å². The molecule has 2 heterocycles. The molecule has 0 unspecified atom stereocenters. The van der Waals surface area contributed by atoms with Crippen molar-refractivity contribution in [3.8, 4) is 0 Å². The van der Waals surface area contributed by atoms with E-state index in [1.54, 1.807) is 4.90 Å². The standard InChI is InChI=1S/C16H21N3O3.ClH/c17-10-13-6-7-14(22-13)16(21)18-11-3-1-4-12(9-11)19-8-2-5-15(19)20;/h1,3-4,9,13-14H,2,5-8,10,17H2,(H,18,21);1H/t13-,14+;/m1./s1. The third kappa shape index (κ3) is 4.02. The lowest BCUT2D eigenvalue weighted by Crippen LogP contribution is -2.30. The highest BCUT2D eigenvalue weighted by atomic mass is 35.5. The Kier molecular flexibility index (Phi) is 5.98. The first-order valence-electron chi connectivity index (χ1n) is 7.74. The van der Waals surface area contributed by atoms with Crippen LogP contribution in [0.15, 0.2) is 24.3 Å². The number of ether oxygens (including phenoxy) is 1. The average Bonchev–Trinajstić information content (AvgIpc) is 3.16. The van der Waals surface area contributed by atoms with Crippen molar-refractivity contribution in [3.05, 3.63) is 24.3 Å². The summed E-state index contributed by atoms with van der Waals surface area (Å²) in [7, 11) is 0. The third-order valence-electron chi connectivity index (χ3n) is 4.16. The summed E-state index contributed by atoms with van der Waals surface area (Å²) in [6, 6.07) is 7.37. The first kappa shape index (κ1) is 17.7. The molecule has 3 N–H and O–H groups in total. The number of nitrogens with two attached hydrogens (primary N) is 1. The number of halogens is 1. The zero-order valence-corrected chi connectivity index (χ0v) is 13.7. The largest absolute Gasteiger partial charge is 0.364 e. The Morgan fingerprint density at radius 2 is 2.22 bits per heavy atom. The van der Waals surface area contributed by atoms with Gasteiger partial charge in [-0.25, -0.2) is 0 Å². The van der Waals surface area contributed by atoms with Crippen molar-refractivity contribution in [1.82, 2.24) is 0 Å². The van der Waals surface area contributed by atoms with E-state index in [2.05, 4.69) is 5.32 Å². The molecule has 0 saturated carbocycles. The van der Waals surface area contributed by atoms with Gasteiger partial charge in [0.15, 0.2) is 0 Å². The van der Waals surface area contributed by atoms with Gasteiger partial charge in [-0.3, -0.25) is 9.59 Å². The molecule has 0 aliphatic carbocycles. The van der Waals surface area contributed by atoms with Gasteiger partial charge >= 0.3 is 0 Å². The normalized spacial score (nSPS) is 23.7. The van der Waals surface area contributed by atoms with Gasteiger partial charge in [0.1, 0.15) is 6.10 Å². The molecule has 2 amide bonds. The summed E-state index contributed by atoms with van der Waals surface area (Å²) in [5.74, 6) is -0.0192. The van der Waals surface area contributed by atoms with Gasteiger partial charge in [0, 0.05) is 30.9 Å². The summed E-state index contributed by atoms with van der Waals surface area (Å²) < 4.78 is 5.59. The molecule has 23 heavy (non-hydrogen) atoms. The number of amides is 2. The number of hydrogen-bond acceptors (Lipinski definition) is 4. The molecule has 1 aromatic carbocycles. The number of carbonyl (C=O) groups is 2. The predicted octanol–water partition coefficient (Wildman–Crippen LogP) is 1.68. The van der Waals surface area contributed by atoms with Gasteiger partial charge in [-0.1, -0.05) is 6.07 Å². The van der Waals surface area contributed by atoms with Crippen LogP contribution < -0.4 is 16.0 Å². The number of anilines is 2. The van der Waals surface area contributed by atoms with E-state index >= 15 is 0 Å². The molecule has 0 bridgehead atoms. The zero-order valence-electron chi connectivity index (χ0n) is 12.9. The minimum Gasteiger partial charge on any atom is -0.364 e. The van der Waals surface area contributed by atoms with Crippen molar-refractivity contribution in [2.45, 2.75) is 37.9 Å². The van der Waals surface area contributed by atoms with Crippen molar-refractivity contribution in [1.29, 1.82) is 0 Å². The van der Waals surface area contributed by atoms with Crippen LogP contribution in [0.5, 0.6) is 0 Å². The second-order valence-corrected chi connectivity index (χ2v) is 5.75. The van der Waals surface area contributed by atoms with Gasteiger partial charge in [0.05, 0.1) is 6.10 Å². The van der Waals surface area contributed by atoms with Gasteiger partial charge in [-0.05, 0) is 37.5 Å². The van der Waals surface area contributed by atoms with Crippen LogP contribution in [0.1, 0.15) is 25.7 Å². The van der Waals surface area contributed by atoms with Crippen LogP contribution in [0.2, 0.25) is 0 Å². The molecule has 2 aliphatic rings. The molecule has 1 aromatic rings. The highest BCUT2D eigenvalue weighted by Gasteiger charge is 2.30. The highest BCUT2D eigenvalue weighted by Crippen LogP contribution is 2.25. The Morgan fingerprint density at radius 1 is 1.39 bits per heavy atom. The molecule has 0 radical (unpaired) electrons. The first-order chi connectivity index (χ1) is 10.7. The van der Waals surface area contributed by atoms with E-state index in [9.17, 15) is 9.59 Å². The summed E-state index contributed by atoms with van der Waals surface area (Å²) in [6.45, 7) is 1.18. The monoisotopic (exact) mass is 339 g/mol. The van der Waals surface area contributed by atoms with Crippen LogP contribution in [0.4, 0.5) is 11.4 Å². The minimum atomic E-state index is -0.439. The van der Waals surface area contributed by atoms with Crippen molar-refractivity contribution in [2.75, 3.05) is 23.3 Å². The molecule has 3 rings (SSSR count). The maximum absolute atomic E-state index is 12.2. The Hall–Kier alpha value is -1.63. The summed E-state index contributed by atoms with van der Waals surface area (Å²) >= 11 is 0. The molecular formula is C16H22ClN3O3. The van der Waals surface area contributed by atoms with Gasteiger partial charge in [0.25, 0.3) is 5.91 Å². The number of nitrogens with one attached hydrogen (secondary N) is 1. The summed E-state index contributed by atoms with van der Waals surface area (Å²) in [6.07, 6.45) is 2.52. The van der Waals surface area contributed by atoms with Crippen LogP contribution in [0, 0.1) is 0 Å². The molecule has 2 fully saturated rings. The molecular weight excluding hydrogens is 318 g/mol. The van der Waals surface area contributed by atoms with Crippen LogP contribution in [-0.4, -0.2) is 37.1 Å². The fourth-order valence-electron chi connectivity index (χ4n) is 2.97. The number of rotatable bonds is 4. The fourth-order valence-corrected chi connectivity index (χ4v) is 2.97. The van der Waals surface area contributed by atoms with E-state index in [-0.39, 0.29) is 30.3 Å². The Morgan fingerprint density at radius 3 is 2.87 bits per heavy atom.